The maximum Gasteiger partial charge on any atom is 0.234 e. The van der Waals surface area contributed by atoms with Crippen molar-refractivity contribution in [2.24, 2.45) is 0 Å². The molecule has 0 bridgehead atoms. The predicted molar refractivity (Wildman–Crippen MR) is 99.6 cm³/mol. The number of nitrogens with zero attached hydrogens (tertiary/aromatic N) is 4. The molecule has 0 saturated heterocycles. The molecule has 0 atom stereocenters. The van der Waals surface area contributed by atoms with E-state index in [1.165, 1.54) is 34.6 Å². The van der Waals surface area contributed by atoms with Gasteiger partial charge in [-0.3, -0.25) is 0 Å². The molecule has 6 nitrogen and oxygen atoms in total. The topological polar surface area (TPSA) is 61.5 Å². The Morgan fingerprint density at radius 3 is 2.44 bits per heavy atom. The number of benzene rings is 2. The molecular weight excluding hydrogens is 367 g/mol. The number of hydrogen-bond acceptors (Lipinski definition) is 6. The molecule has 2 aromatic heterocycles. The summed E-state index contributed by atoms with van der Waals surface area (Å²) in [5.74, 6) is 1.63. The smallest absolute Gasteiger partial charge is 0.234 e. The van der Waals surface area contributed by atoms with Gasteiger partial charge in [0, 0.05) is 0 Å². The first-order chi connectivity index (χ1) is 13.1. The summed E-state index contributed by atoms with van der Waals surface area (Å²) in [5, 5.41) is 13.5. The minimum Gasteiger partial charge on any atom is -0.486 e. The summed E-state index contributed by atoms with van der Waals surface area (Å²) >= 11 is 1.42. The fourth-order valence-corrected chi connectivity index (χ4v) is 3.24. The number of aryl methyl sites for hydroxylation is 2. The molecule has 8 heteroatoms. The molecule has 0 aliphatic rings. The van der Waals surface area contributed by atoms with E-state index in [1.807, 2.05) is 18.2 Å². The Morgan fingerprint density at radius 2 is 1.67 bits per heavy atom. The van der Waals surface area contributed by atoms with Crippen molar-refractivity contribution >= 4 is 16.3 Å². The van der Waals surface area contributed by atoms with Crippen molar-refractivity contribution in [3.63, 3.8) is 0 Å². The van der Waals surface area contributed by atoms with Gasteiger partial charge in [0.1, 0.15) is 30.5 Å². The van der Waals surface area contributed by atoms with Gasteiger partial charge in [0.15, 0.2) is 10.8 Å². The third-order valence-corrected chi connectivity index (χ3v) is 4.99. The molecule has 0 N–H and O–H groups in total. The third kappa shape index (κ3) is 3.90. The summed E-state index contributed by atoms with van der Waals surface area (Å²) in [5.41, 5.74) is 2.41. The lowest BCUT2D eigenvalue weighted by molar-refractivity contribution is 0.289. The Balaban J connectivity index is 1.43. The van der Waals surface area contributed by atoms with Crippen molar-refractivity contribution in [3.05, 3.63) is 70.2 Å². The molecule has 2 heterocycles. The molecule has 0 aliphatic heterocycles. The maximum absolute atomic E-state index is 12.9. The van der Waals surface area contributed by atoms with Gasteiger partial charge < -0.3 is 9.47 Å². The van der Waals surface area contributed by atoms with Crippen LogP contribution in [0.4, 0.5) is 4.39 Å². The Labute approximate surface area is 159 Å². The lowest BCUT2D eigenvalue weighted by atomic mass is 10.1. The van der Waals surface area contributed by atoms with Gasteiger partial charge >= 0.3 is 0 Å². The Bertz CT molecular complexity index is 1080. The van der Waals surface area contributed by atoms with Crippen molar-refractivity contribution in [1.82, 2.24) is 19.8 Å². The zero-order chi connectivity index (χ0) is 18.8. The SMILES string of the molecule is Cc1ccc(OCc2nn3c(COc4ccc(F)cc4)nnc3s2)cc1C. The highest BCUT2D eigenvalue weighted by molar-refractivity contribution is 7.16. The van der Waals surface area contributed by atoms with Crippen LogP contribution in [-0.2, 0) is 13.2 Å². The zero-order valence-corrected chi connectivity index (χ0v) is 15.7. The van der Waals surface area contributed by atoms with E-state index in [0.29, 0.717) is 23.1 Å². The zero-order valence-electron chi connectivity index (χ0n) is 14.8. The number of hydrogen-bond donors (Lipinski definition) is 0. The third-order valence-electron chi connectivity index (χ3n) is 4.12. The summed E-state index contributed by atoms with van der Waals surface area (Å²) in [6.07, 6.45) is 0. The summed E-state index contributed by atoms with van der Waals surface area (Å²) < 4.78 is 26.0. The van der Waals surface area contributed by atoms with Crippen molar-refractivity contribution < 1.29 is 13.9 Å². The van der Waals surface area contributed by atoms with Crippen LogP contribution in [0.3, 0.4) is 0 Å². The predicted octanol–water partition coefficient (Wildman–Crippen LogP) is 4.10. The first-order valence-electron chi connectivity index (χ1n) is 8.37. The van der Waals surface area contributed by atoms with Crippen molar-refractivity contribution in [2.45, 2.75) is 27.1 Å². The average molecular weight is 384 g/mol. The van der Waals surface area contributed by atoms with E-state index in [0.717, 1.165) is 10.8 Å². The van der Waals surface area contributed by atoms with Crippen LogP contribution in [-0.4, -0.2) is 19.8 Å². The molecule has 0 fully saturated rings. The van der Waals surface area contributed by atoms with E-state index < -0.39 is 0 Å². The van der Waals surface area contributed by atoms with Crippen molar-refractivity contribution in [3.8, 4) is 11.5 Å². The fraction of sp³-hybridized carbons (Fsp3) is 0.211. The quantitative estimate of drug-likeness (QED) is 0.501. The fourth-order valence-electron chi connectivity index (χ4n) is 2.47. The molecule has 0 amide bonds. The Hall–Kier alpha value is -3.00. The van der Waals surface area contributed by atoms with E-state index in [1.54, 1.807) is 16.6 Å². The van der Waals surface area contributed by atoms with E-state index in [-0.39, 0.29) is 12.4 Å². The average Bonchev–Trinajstić information content (AvgIpc) is 3.23. The molecule has 138 valence electrons. The summed E-state index contributed by atoms with van der Waals surface area (Å²) in [4.78, 5) is 0.673. The van der Waals surface area contributed by atoms with E-state index >= 15 is 0 Å². The van der Waals surface area contributed by atoms with Crippen molar-refractivity contribution in [2.75, 3.05) is 0 Å². The number of aromatic nitrogens is 4. The van der Waals surface area contributed by atoms with Crippen LogP contribution in [0.5, 0.6) is 11.5 Å². The molecule has 27 heavy (non-hydrogen) atoms. The number of halogens is 1. The largest absolute Gasteiger partial charge is 0.486 e. The van der Waals surface area contributed by atoms with E-state index in [2.05, 4.69) is 29.1 Å². The van der Waals surface area contributed by atoms with Gasteiger partial charge in [-0.2, -0.15) is 9.61 Å². The first-order valence-corrected chi connectivity index (χ1v) is 9.18. The summed E-state index contributed by atoms with van der Waals surface area (Å²) in [6.45, 7) is 4.67. The molecule has 0 saturated carbocycles. The van der Waals surface area contributed by atoms with Crippen LogP contribution in [0, 0.1) is 19.7 Å². The highest BCUT2D eigenvalue weighted by atomic mass is 32.1. The summed E-state index contributed by atoms with van der Waals surface area (Å²) in [7, 11) is 0. The molecule has 4 rings (SSSR count). The lowest BCUT2D eigenvalue weighted by Gasteiger charge is -2.06. The van der Waals surface area contributed by atoms with Crippen LogP contribution in [0.1, 0.15) is 22.0 Å². The number of fused-ring (bicyclic) bond motifs is 1. The van der Waals surface area contributed by atoms with Gasteiger partial charge in [0.25, 0.3) is 0 Å². The molecule has 0 spiro atoms. The van der Waals surface area contributed by atoms with Crippen LogP contribution in [0.2, 0.25) is 0 Å². The molecule has 0 aliphatic carbocycles. The molecule has 4 aromatic rings. The second-order valence-electron chi connectivity index (χ2n) is 6.08. The number of ether oxygens (including phenoxy) is 2. The van der Waals surface area contributed by atoms with E-state index in [9.17, 15) is 4.39 Å². The maximum atomic E-state index is 12.9. The summed E-state index contributed by atoms with van der Waals surface area (Å²) in [6, 6.07) is 11.8. The van der Waals surface area contributed by atoms with Gasteiger partial charge in [-0.25, -0.2) is 4.39 Å². The Kier molecular flexibility index (Phi) is 4.72. The Morgan fingerprint density at radius 1 is 0.926 bits per heavy atom. The normalized spacial score (nSPS) is 11.1. The van der Waals surface area contributed by atoms with Crippen molar-refractivity contribution in [1.29, 1.82) is 0 Å². The minimum atomic E-state index is -0.305. The highest BCUT2D eigenvalue weighted by Gasteiger charge is 2.13. The highest BCUT2D eigenvalue weighted by Crippen LogP contribution is 2.20. The molecular formula is C19H17FN4O2S. The van der Waals surface area contributed by atoms with Crippen LogP contribution < -0.4 is 9.47 Å². The van der Waals surface area contributed by atoms with Gasteiger partial charge in [-0.1, -0.05) is 17.4 Å². The van der Waals surface area contributed by atoms with Crippen LogP contribution in [0.15, 0.2) is 42.5 Å². The lowest BCUT2D eigenvalue weighted by Crippen LogP contribution is -2.03. The first kappa shape index (κ1) is 17.4. The molecule has 2 aromatic carbocycles. The van der Waals surface area contributed by atoms with Gasteiger partial charge in [-0.15, -0.1) is 10.2 Å². The van der Waals surface area contributed by atoms with Crippen LogP contribution >= 0.6 is 11.3 Å². The second kappa shape index (κ2) is 7.32. The number of rotatable bonds is 6. The van der Waals surface area contributed by atoms with Crippen LogP contribution in [0.25, 0.3) is 4.96 Å². The minimum absolute atomic E-state index is 0.188. The van der Waals surface area contributed by atoms with Gasteiger partial charge in [0.05, 0.1) is 0 Å². The van der Waals surface area contributed by atoms with E-state index in [4.69, 9.17) is 9.47 Å². The van der Waals surface area contributed by atoms with Gasteiger partial charge in [0.2, 0.25) is 4.96 Å². The monoisotopic (exact) mass is 384 g/mol. The van der Waals surface area contributed by atoms with Gasteiger partial charge in [-0.05, 0) is 61.4 Å². The second-order valence-corrected chi connectivity index (χ2v) is 7.12. The molecule has 0 radical (unpaired) electrons. The standard InChI is InChI=1S/C19H17FN4O2S/c1-12-3-6-16(9-13(12)2)26-11-18-23-24-17(21-22-19(24)27-18)10-25-15-7-4-14(20)5-8-15/h3-9H,10-11H2,1-2H3. The molecule has 0 unspecified atom stereocenters.